The van der Waals surface area contributed by atoms with E-state index in [-0.39, 0.29) is 12.1 Å². The molecular weight excluding hydrogens is 176 g/mol. The summed E-state index contributed by atoms with van der Waals surface area (Å²) in [6.45, 7) is 5.42. The van der Waals surface area contributed by atoms with Crippen LogP contribution in [0.25, 0.3) is 0 Å². The standard InChI is InChI=1S/C12H16O2/c1-4-11-5-7-12(8-6-11)9(2)14-10(3)13/h5-9H,4H2,1-3H3/t9-/m1/s1. The fraction of sp³-hybridized carbons (Fsp3) is 0.417. The Hall–Kier alpha value is -1.31. The van der Waals surface area contributed by atoms with Crippen LogP contribution in [-0.2, 0) is 16.0 Å². The van der Waals surface area contributed by atoms with Crippen LogP contribution in [-0.4, -0.2) is 5.97 Å². The molecule has 0 N–H and O–H groups in total. The Balaban J connectivity index is 2.71. The molecule has 0 unspecified atom stereocenters. The molecule has 0 heterocycles. The predicted octanol–water partition coefficient (Wildman–Crippen LogP) is 2.87. The number of hydrogen-bond donors (Lipinski definition) is 0. The van der Waals surface area contributed by atoms with Gasteiger partial charge in [0, 0.05) is 6.92 Å². The lowest BCUT2D eigenvalue weighted by Gasteiger charge is -2.12. The van der Waals surface area contributed by atoms with Crippen LogP contribution < -0.4 is 0 Å². The van der Waals surface area contributed by atoms with E-state index >= 15 is 0 Å². The normalized spacial score (nSPS) is 12.2. The van der Waals surface area contributed by atoms with Gasteiger partial charge in [-0.3, -0.25) is 4.79 Å². The molecule has 2 heteroatoms. The first-order valence-electron chi connectivity index (χ1n) is 4.89. The third-order valence-electron chi connectivity index (χ3n) is 2.20. The van der Waals surface area contributed by atoms with Crippen molar-refractivity contribution in [3.8, 4) is 0 Å². The molecule has 1 aromatic rings. The van der Waals surface area contributed by atoms with Gasteiger partial charge in [-0.2, -0.15) is 0 Å². The van der Waals surface area contributed by atoms with Gasteiger partial charge < -0.3 is 4.74 Å². The molecule has 76 valence electrons. The van der Waals surface area contributed by atoms with Crippen molar-refractivity contribution in [3.05, 3.63) is 35.4 Å². The van der Waals surface area contributed by atoms with E-state index in [1.807, 2.05) is 19.1 Å². The van der Waals surface area contributed by atoms with Crippen molar-refractivity contribution >= 4 is 5.97 Å². The molecule has 0 aliphatic carbocycles. The van der Waals surface area contributed by atoms with E-state index in [2.05, 4.69) is 19.1 Å². The molecule has 14 heavy (non-hydrogen) atoms. The molecule has 1 rings (SSSR count). The van der Waals surface area contributed by atoms with Gasteiger partial charge in [0.15, 0.2) is 0 Å². The summed E-state index contributed by atoms with van der Waals surface area (Å²) in [7, 11) is 0. The van der Waals surface area contributed by atoms with Crippen molar-refractivity contribution in [2.75, 3.05) is 0 Å². The van der Waals surface area contributed by atoms with Crippen molar-refractivity contribution in [1.82, 2.24) is 0 Å². The monoisotopic (exact) mass is 192 g/mol. The molecule has 0 spiro atoms. The van der Waals surface area contributed by atoms with E-state index in [0.29, 0.717) is 0 Å². The van der Waals surface area contributed by atoms with Crippen LogP contribution in [0.1, 0.15) is 38.0 Å². The summed E-state index contributed by atoms with van der Waals surface area (Å²) in [4.78, 5) is 10.7. The number of aryl methyl sites for hydroxylation is 1. The molecule has 1 aromatic carbocycles. The van der Waals surface area contributed by atoms with E-state index in [0.717, 1.165) is 12.0 Å². The lowest BCUT2D eigenvalue weighted by Crippen LogP contribution is -2.04. The molecule has 0 amide bonds. The fourth-order valence-electron chi connectivity index (χ4n) is 1.34. The van der Waals surface area contributed by atoms with Gasteiger partial charge in [-0.25, -0.2) is 0 Å². The Morgan fingerprint density at radius 3 is 2.36 bits per heavy atom. The average molecular weight is 192 g/mol. The smallest absolute Gasteiger partial charge is 0.303 e. The minimum Gasteiger partial charge on any atom is -0.458 e. The van der Waals surface area contributed by atoms with Gasteiger partial charge in [0.05, 0.1) is 0 Å². The summed E-state index contributed by atoms with van der Waals surface area (Å²) in [6.07, 6.45) is 0.876. The van der Waals surface area contributed by atoms with Crippen molar-refractivity contribution in [2.45, 2.75) is 33.3 Å². The molecule has 2 nitrogen and oxygen atoms in total. The Labute approximate surface area is 84.9 Å². The first-order chi connectivity index (χ1) is 6.63. The maximum Gasteiger partial charge on any atom is 0.303 e. The molecule has 0 radical (unpaired) electrons. The van der Waals surface area contributed by atoms with E-state index in [9.17, 15) is 4.79 Å². The number of carbonyl (C=O) groups is 1. The van der Waals surface area contributed by atoms with Crippen LogP contribution in [0.3, 0.4) is 0 Å². The second kappa shape index (κ2) is 4.80. The Kier molecular flexibility index (Phi) is 3.69. The minimum atomic E-state index is -0.239. The maximum atomic E-state index is 10.7. The Bertz CT molecular complexity index is 301. The van der Waals surface area contributed by atoms with Gasteiger partial charge in [0.25, 0.3) is 0 Å². The highest BCUT2D eigenvalue weighted by atomic mass is 16.5. The van der Waals surface area contributed by atoms with Gasteiger partial charge in [0.1, 0.15) is 6.10 Å². The second-order valence-corrected chi connectivity index (χ2v) is 3.35. The highest BCUT2D eigenvalue weighted by Crippen LogP contribution is 2.17. The van der Waals surface area contributed by atoms with Gasteiger partial charge in [-0.05, 0) is 24.5 Å². The van der Waals surface area contributed by atoms with E-state index < -0.39 is 0 Å². The van der Waals surface area contributed by atoms with Crippen LogP contribution in [0.15, 0.2) is 24.3 Å². The zero-order valence-electron chi connectivity index (χ0n) is 8.91. The highest BCUT2D eigenvalue weighted by molar-refractivity contribution is 5.66. The quantitative estimate of drug-likeness (QED) is 0.688. The second-order valence-electron chi connectivity index (χ2n) is 3.35. The van der Waals surface area contributed by atoms with Crippen LogP contribution in [0.2, 0.25) is 0 Å². The summed E-state index contributed by atoms with van der Waals surface area (Å²) in [5.74, 6) is -0.239. The summed E-state index contributed by atoms with van der Waals surface area (Å²) < 4.78 is 5.07. The van der Waals surface area contributed by atoms with Crippen molar-refractivity contribution in [1.29, 1.82) is 0 Å². The van der Waals surface area contributed by atoms with Crippen LogP contribution in [0.4, 0.5) is 0 Å². The number of ether oxygens (including phenoxy) is 1. The molecule has 0 saturated heterocycles. The first kappa shape index (κ1) is 10.8. The fourth-order valence-corrected chi connectivity index (χ4v) is 1.34. The zero-order valence-corrected chi connectivity index (χ0v) is 8.91. The lowest BCUT2D eigenvalue weighted by molar-refractivity contribution is -0.145. The van der Waals surface area contributed by atoms with E-state index in [1.165, 1.54) is 12.5 Å². The van der Waals surface area contributed by atoms with E-state index in [1.54, 1.807) is 0 Å². The van der Waals surface area contributed by atoms with Gasteiger partial charge in [-0.1, -0.05) is 31.2 Å². The average Bonchev–Trinajstić information content (AvgIpc) is 2.17. The number of rotatable bonds is 3. The Morgan fingerprint density at radius 1 is 1.36 bits per heavy atom. The molecule has 0 saturated carbocycles. The Morgan fingerprint density at radius 2 is 1.93 bits per heavy atom. The van der Waals surface area contributed by atoms with Gasteiger partial charge in [-0.15, -0.1) is 0 Å². The largest absolute Gasteiger partial charge is 0.458 e. The number of benzene rings is 1. The SMILES string of the molecule is CCc1ccc([C@@H](C)OC(C)=O)cc1. The van der Waals surface area contributed by atoms with Crippen molar-refractivity contribution in [2.24, 2.45) is 0 Å². The number of hydrogen-bond acceptors (Lipinski definition) is 2. The van der Waals surface area contributed by atoms with Crippen molar-refractivity contribution in [3.63, 3.8) is 0 Å². The summed E-state index contributed by atoms with van der Waals surface area (Å²) in [6, 6.07) is 8.14. The third kappa shape index (κ3) is 2.87. The summed E-state index contributed by atoms with van der Waals surface area (Å²) in [5.41, 5.74) is 2.33. The van der Waals surface area contributed by atoms with Crippen LogP contribution in [0, 0.1) is 0 Å². The number of carbonyl (C=O) groups excluding carboxylic acids is 1. The summed E-state index contributed by atoms with van der Waals surface area (Å²) in [5, 5.41) is 0. The molecule has 0 aromatic heterocycles. The molecular formula is C12H16O2. The minimum absolute atomic E-state index is 0.154. The highest BCUT2D eigenvalue weighted by Gasteiger charge is 2.07. The van der Waals surface area contributed by atoms with Crippen LogP contribution in [0.5, 0.6) is 0 Å². The zero-order chi connectivity index (χ0) is 10.6. The molecule has 1 atom stereocenters. The molecule has 0 aliphatic heterocycles. The molecule has 0 aliphatic rings. The van der Waals surface area contributed by atoms with Gasteiger partial charge in [0.2, 0.25) is 0 Å². The van der Waals surface area contributed by atoms with Crippen LogP contribution >= 0.6 is 0 Å². The van der Waals surface area contributed by atoms with Crippen molar-refractivity contribution < 1.29 is 9.53 Å². The predicted molar refractivity (Wildman–Crippen MR) is 56.0 cm³/mol. The third-order valence-corrected chi connectivity index (χ3v) is 2.20. The number of esters is 1. The lowest BCUT2D eigenvalue weighted by atomic mass is 10.1. The molecule has 0 bridgehead atoms. The first-order valence-corrected chi connectivity index (χ1v) is 4.89. The van der Waals surface area contributed by atoms with E-state index in [4.69, 9.17) is 4.74 Å². The maximum absolute atomic E-state index is 10.7. The topological polar surface area (TPSA) is 26.3 Å². The van der Waals surface area contributed by atoms with Gasteiger partial charge >= 0.3 is 5.97 Å². The summed E-state index contributed by atoms with van der Waals surface area (Å²) >= 11 is 0. The molecule has 0 fully saturated rings.